The lowest BCUT2D eigenvalue weighted by molar-refractivity contribution is 0.151. The molecule has 1 heterocycles. The van der Waals surface area contributed by atoms with Crippen molar-refractivity contribution in [3.05, 3.63) is 33.1 Å². The molecule has 0 radical (unpaired) electrons. The molecule has 0 spiro atoms. The number of nitrogens with one attached hydrogen (secondary N) is 1. The van der Waals surface area contributed by atoms with Crippen LogP contribution in [-0.2, 0) is 0 Å². The van der Waals surface area contributed by atoms with Crippen molar-refractivity contribution in [3.8, 4) is 0 Å². The van der Waals surface area contributed by atoms with Gasteiger partial charge in [-0.3, -0.25) is 14.3 Å². The van der Waals surface area contributed by atoms with Gasteiger partial charge in [0, 0.05) is 12.3 Å². The minimum absolute atomic E-state index is 0.359. The summed E-state index contributed by atoms with van der Waals surface area (Å²) in [5.74, 6) is 0. The van der Waals surface area contributed by atoms with Crippen LogP contribution >= 0.6 is 0 Å². The van der Waals surface area contributed by atoms with Crippen molar-refractivity contribution in [2.24, 2.45) is 0 Å². The van der Waals surface area contributed by atoms with Crippen molar-refractivity contribution in [2.75, 3.05) is 13.2 Å². The SMILES string of the molecule is O=c1ccn(C(CO)CO)c(=O)[nH]1. The monoisotopic (exact) mass is 186 g/mol. The fourth-order valence-electron chi connectivity index (χ4n) is 0.949. The largest absolute Gasteiger partial charge is 0.394 e. The van der Waals surface area contributed by atoms with Gasteiger partial charge in [0.2, 0.25) is 0 Å². The first kappa shape index (κ1) is 9.69. The normalized spacial score (nSPS) is 10.7. The summed E-state index contributed by atoms with van der Waals surface area (Å²) in [6.45, 7) is -0.717. The summed E-state index contributed by atoms with van der Waals surface area (Å²) in [6.07, 6.45) is 1.23. The van der Waals surface area contributed by atoms with Crippen LogP contribution in [-0.4, -0.2) is 33.0 Å². The van der Waals surface area contributed by atoms with Gasteiger partial charge in [-0.1, -0.05) is 0 Å². The molecule has 72 valence electrons. The van der Waals surface area contributed by atoms with E-state index in [9.17, 15) is 9.59 Å². The Balaban J connectivity index is 3.14. The van der Waals surface area contributed by atoms with Crippen molar-refractivity contribution in [1.82, 2.24) is 9.55 Å². The van der Waals surface area contributed by atoms with Crippen LogP contribution in [0.3, 0.4) is 0 Å². The number of aliphatic hydroxyl groups excluding tert-OH is 2. The maximum atomic E-state index is 11.1. The highest BCUT2D eigenvalue weighted by Crippen LogP contribution is 1.97. The average molecular weight is 186 g/mol. The summed E-state index contributed by atoms with van der Waals surface area (Å²) in [7, 11) is 0. The van der Waals surface area contributed by atoms with Crippen LogP contribution in [0.15, 0.2) is 21.9 Å². The Morgan fingerprint density at radius 3 is 2.46 bits per heavy atom. The molecule has 3 N–H and O–H groups in total. The van der Waals surface area contributed by atoms with Gasteiger partial charge in [-0.2, -0.15) is 0 Å². The van der Waals surface area contributed by atoms with Crippen molar-refractivity contribution in [1.29, 1.82) is 0 Å². The maximum absolute atomic E-state index is 11.1. The molecular formula is C7H10N2O4. The molecule has 0 aliphatic carbocycles. The topological polar surface area (TPSA) is 95.3 Å². The Hall–Kier alpha value is -1.40. The fraction of sp³-hybridized carbons (Fsp3) is 0.429. The smallest absolute Gasteiger partial charge is 0.328 e. The first-order valence-electron chi connectivity index (χ1n) is 3.72. The van der Waals surface area contributed by atoms with Crippen LogP contribution in [0, 0.1) is 0 Å². The first-order chi connectivity index (χ1) is 6.19. The number of aromatic nitrogens is 2. The summed E-state index contributed by atoms with van der Waals surface area (Å²) in [5.41, 5.74) is -1.14. The van der Waals surface area contributed by atoms with Gasteiger partial charge in [0.15, 0.2) is 0 Å². The quantitative estimate of drug-likeness (QED) is 0.512. The molecule has 0 amide bonds. The van der Waals surface area contributed by atoms with Gasteiger partial charge < -0.3 is 10.2 Å². The van der Waals surface area contributed by atoms with E-state index in [1.807, 2.05) is 4.98 Å². The number of aliphatic hydroxyl groups is 2. The molecule has 0 aromatic carbocycles. The van der Waals surface area contributed by atoms with Crippen LogP contribution in [0.4, 0.5) is 0 Å². The third-order valence-corrected chi connectivity index (χ3v) is 1.67. The Kier molecular flexibility index (Phi) is 2.99. The zero-order valence-corrected chi connectivity index (χ0v) is 6.80. The molecule has 0 atom stereocenters. The second-order valence-corrected chi connectivity index (χ2v) is 2.54. The summed E-state index contributed by atoms with van der Waals surface area (Å²) < 4.78 is 1.07. The molecule has 0 bridgehead atoms. The third-order valence-electron chi connectivity index (χ3n) is 1.67. The van der Waals surface area contributed by atoms with Crippen molar-refractivity contribution < 1.29 is 10.2 Å². The highest BCUT2D eigenvalue weighted by molar-refractivity contribution is 4.85. The zero-order chi connectivity index (χ0) is 9.84. The van der Waals surface area contributed by atoms with Crippen LogP contribution in [0.5, 0.6) is 0 Å². The maximum Gasteiger partial charge on any atom is 0.328 e. The van der Waals surface area contributed by atoms with Crippen molar-refractivity contribution in [2.45, 2.75) is 6.04 Å². The molecule has 0 fully saturated rings. The van der Waals surface area contributed by atoms with Crippen LogP contribution in [0.2, 0.25) is 0 Å². The number of rotatable bonds is 3. The van der Waals surface area contributed by atoms with Crippen LogP contribution in [0.1, 0.15) is 6.04 Å². The van der Waals surface area contributed by atoms with Crippen molar-refractivity contribution in [3.63, 3.8) is 0 Å². The molecule has 1 aromatic heterocycles. The van der Waals surface area contributed by atoms with Gasteiger partial charge in [-0.15, -0.1) is 0 Å². The molecule has 0 aliphatic heterocycles. The Morgan fingerprint density at radius 2 is 2.00 bits per heavy atom. The van der Waals surface area contributed by atoms with Gasteiger partial charge in [0.05, 0.1) is 19.3 Å². The molecule has 6 heteroatoms. The van der Waals surface area contributed by atoms with E-state index in [-0.39, 0.29) is 13.2 Å². The Bertz CT molecular complexity index is 377. The fourth-order valence-corrected chi connectivity index (χ4v) is 0.949. The predicted octanol–water partition coefficient (Wildman–Crippen LogP) is -1.94. The second-order valence-electron chi connectivity index (χ2n) is 2.54. The molecule has 0 saturated heterocycles. The number of H-pyrrole nitrogens is 1. The molecular weight excluding hydrogens is 176 g/mol. The molecule has 1 rings (SSSR count). The minimum Gasteiger partial charge on any atom is -0.394 e. The third kappa shape index (κ3) is 2.04. The van der Waals surface area contributed by atoms with E-state index < -0.39 is 17.3 Å². The highest BCUT2D eigenvalue weighted by atomic mass is 16.3. The average Bonchev–Trinajstić information content (AvgIpc) is 2.10. The molecule has 0 saturated carbocycles. The van der Waals surface area contributed by atoms with E-state index in [1.165, 1.54) is 6.20 Å². The van der Waals surface area contributed by atoms with E-state index in [2.05, 4.69) is 0 Å². The Labute approximate surface area is 73.1 Å². The van der Waals surface area contributed by atoms with E-state index in [0.717, 1.165) is 10.6 Å². The predicted molar refractivity (Wildman–Crippen MR) is 44.5 cm³/mol. The minimum atomic E-state index is -0.704. The molecule has 0 unspecified atom stereocenters. The summed E-state index contributed by atoms with van der Waals surface area (Å²) in [4.78, 5) is 23.7. The van der Waals surface area contributed by atoms with Gasteiger partial charge in [0.1, 0.15) is 0 Å². The first-order valence-corrected chi connectivity index (χ1v) is 3.72. The van der Waals surface area contributed by atoms with Gasteiger partial charge in [-0.05, 0) is 0 Å². The van der Waals surface area contributed by atoms with Crippen LogP contribution < -0.4 is 11.2 Å². The lowest BCUT2D eigenvalue weighted by Crippen LogP contribution is -2.34. The van der Waals surface area contributed by atoms with Gasteiger partial charge in [0.25, 0.3) is 5.56 Å². The van der Waals surface area contributed by atoms with E-state index >= 15 is 0 Å². The molecule has 6 nitrogen and oxygen atoms in total. The molecule has 13 heavy (non-hydrogen) atoms. The summed E-state index contributed by atoms with van der Waals surface area (Å²) in [5, 5.41) is 17.5. The van der Waals surface area contributed by atoms with E-state index in [4.69, 9.17) is 10.2 Å². The van der Waals surface area contributed by atoms with Gasteiger partial charge in [-0.25, -0.2) is 4.79 Å². The zero-order valence-electron chi connectivity index (χ0n) is 6.80. The summed E-state index contributed by atoms with van der Waals surface area (Å²) >= 11 is 0. The number of hydrogen-bond acceptors (Lipinski definition) is 4. The Morgan fingerprint density at radius 1 is 1.38 bits per heavy atom. The molecule has 1 aromatic rings. The highest BCUT2D eigenvalue weighted by Gasteiger charge is 2.09. The number of hydrogen-bond donors (Lipinski definition) is 3. The lowest BCUT2D eigenvalue weighted by Gasteiger charge is -2.12. The van der Waals surface area contributed by atoms with Crippen LogP contribution in [0.25, 0.3) is 0 Å². The molecule has 0 aliphatic rings. The standard InChI is InChI=1S/C7H10N2O4/c10-3-5(4-11)9-2-1-6(12)8-7(9)13/h1-2,5,10-11H,3-4H2,(H,8,12,13). The van der Waals surface area contributed by atoms with Gasteiger partial charge >= 0.3 is 5.69 Å². The van der Waals surface area contributed by atoms with Crippen molar-refractivity contribution >= 4 is 0 Å². The lowest BCUT2D eigenvalue weighted by atomic mass is 10.3. The van der Waals surface area contributed by atoms with E-state index in [1.54, 1.807) is 0 Å². The number of nitrogens with zero attached hydrogens (tertiary/aromatic N) is 1. The van der Waals surface area contributed by atoms with E-state index in [0.29, 0.717) is 0 Å². The number of aromatic amines is 1. The second kappa shape index (κ2) is 4.01. The summed E-state index contributed by atoms with van der Waals surface area (Å²) in [6, 6.07) is 0.448.